The molecule has 0 amide bonds. The van der Waals surface area contributed by atoms with Gasteiger partial charge >= 0.3 is 0 Å². The molecule has 8 aromatic carbocycles. The second kappa shape index (κ2) is 11.9. The molecule has 0 radical (unpaired) electrons. The van der Waals surface area contributed by atoms with E-state index in [9.17, 15) is 0 Å². The standard InChI is InChI=1S/C48H31N3/c1-4-14-32(15-5-1)37-26-27-45-41(30-37)47-39(48-49-42(33-16-6-2-7-17-33)31-43(50-48)34-18-8-3-9-19-34)23-13-25-46(47)51(45)44-24-12-22-38-28-35-20-10-11-21-36(35)29-40(38)44/h1-31H. The molecule has 0 unspecified atom stereocenters. The highest BCUT2D eigenvalue weighted by atomic mass is 15.0. The Morgan fingerprint density at radius 2 is 0.941 bits per heavy atom. The van der Waals surface area contributed by atoms with Crippen molar-refractivity contribution in [3.63, 3.8) is 0 Å². The van der Waals surface area contributed by atoms with Crippen molar-refractivity contribution in [3.05, 3.63) is 188 Å². The van der Waals surface area contributed by atoms with E-state index >= 15 is 0 Å². The normalized spacial score (nSPS) is 11.5. The number of hydrogen-bond donors (Lipinski definition) is 0. The third-order valence-electron chi connectivity index (χ3n) is 9.97. The number of rotatable bonds is 5. The Kier molecular flexibility index (Phi) is 6.81. The third-order valence-corrected chi connectivity index (χ3v) is 9.97. The third kappa shape index (κ3) is 4.98. The largest absolute Gasteiger partial charge is 0.309 e. The summed E-state index contributed by atoms with van der Waals surface area (Å²) < 4.78 is 2.43. The van der Waals surface area contributed by atoms with E-state index in [1.165, 1.54) is 32.7 Å². The van der Waals surface area contributed by atoms with Crippen LogP contribution in [0.25, 0.3) is 94.1 Å². The van der Waals surface area contributed by atoms with Gasteiger partial charge in [-0.15, -0.1) is 0 Å². The van der Waals surface area contributed by atoms with Crippen LogP contribution in [0.5, 0.6) is 0 Å². The van der Waals surface area contributed by atoms with Crippen LogP contribution in [0, 0.1) is 0 Å². The highest BCUT2D eigenvalue weighted by Crippen LogP contribution is 2.42. The lowest BCUT2D eigenvalue weighted by molar-refractivity contribution is 1.18. The van der Waals surface area contributed by atoms with Crippen LogP contribution in [-0.2, 0) is 0 Å². The molecule has 3 nitrogen and oxygen atoms in total. The lowest BCUT2D eigenvalue weighted by Crippen LogP contribution is -1.97. The van der Waals surface area contributed by atoms with E-state index in [0.29, 0.717) is 5.82 Å². The Hall–Kier alpha value is -6.84. The van der Waals surface area contributed by atoms with E-state index < -0.39 is 0 Å². The quantitative estimate of drug-likeness (QED) is 0.174. The molecule has 0 bridgehead atoms. The molecule has 0 spiro atoms. The van der Waals surface area contributed by atoms with Gasteiger partial charge in [-0.25, -0.2) is 9.97 Å². The Labute approximate surface area is 295 Å². The second-order valence-corrected chi connectivity index (χ2v) is 13.0. The van der Waals surface area contributed by atoms with Crippen molar-refractivity contribution < 1.29 is 0 Å². The summed E-state index contributed by atoms with van der Waals surface area (Å²) in [5, 5.41) is 7.18. The minimum absolute atomic E-state index is 0.703. The van der Waals surface area contributed by atoms with Gasteiger partial charge in [-0.3, -0.25) is 0 Å². The van der Waals surface area contributed by atoms with Gasteiger partial charge in [0.05, 0.1) is 28.1 Å². The molecule has 0 atom stereocenters. The number of nitrogens with zero attached hydrogens (tertiary/aromatic N) is 3. The van der Waals surface area contributed by atoms with E-state index in [1.807, 2.05) is 12.1 Å². The van der Waals surface area contributed by atoms with Crippen LogP contribution in [-0.4, -0.2) is 14.5 Å². The average Bonchev–Trinajstić information content (AvgIpc) is 3.54. The van der Waals surface area contributed by atoms with Gasteiger partial charge in [0, 0.05) is 32.8 Å². The van der Waals surface area contributed by atoms with Gasteiger partial charge in [0.2, 0.25) is 0 Å². The van der Waals surface area contributed by atoms with Crippen LogP contribution in [0.3, 0.4) is 0 Å². The van der Waals surface area contributed by atoms with Crippen molar-refractivity contribution in [3.8, 4) is 50.7 Å². The smallest absolute Gasteiger partial charge is 0.161 e. The lowest BCUT2D eigenvalue weighted by Gasteiger charge is -2.13. The molecule has 2 aromatic heterocycles. The Balaban J connectivity index is 1.30. The Morgan fingerprint density at radius 1 is 0.353 bits per heavy atom. The Bertz CT molecular complexity index is 2830. The molecular weight excluding hydrogens is 619 g/mol. The first-order valence-corrected chi connectivity index (χ1v) is 17.3. The number of hydrogen-bond acceptors (Lipinski definition) is 2. The molecule has 238 valence electrons. The van der Waals surface area contributed by atoms with Crippen LogP contribution >= 0.6 is 0 Å². The van der Waals surface area contributed by atoms with Crippen LogP contribution in [0.1, 0.15) is 0 Å². The first kappa shape index (κ1) is 29.1. The lowest BCUT2D eigenvalue weighted by atomic mass is 10.00. The summed E-state index contributed by atoms with van der Waals surface area (Å²) in [7, 11) is 0. The van der Waals surface area contributed by atoms with E-state index in [0.717, 1.165) is 55.6 Å². The van der Waals surface area contributed by atoms with Gasteiger partial charge in [-0.1, -0.05) is 146 Å². The minimum Gasteiger partial charge on any atom is -0.309 e. The van der Waals surface area contributed by atoms with Crippen LogP contribution in [0.15, 0.2) is 188 Å². The molecule has 51 heavy (non-hydrogen) atoms. The van der Waals surface area contributed by atoms with Crippen molar-refractivity contribution in [2.24, 2.45) is 0 Å². The highest BCUT2D eigenvalue weighted by molar-refractivity contribution is 6.17. The van der Waals surface area contributed by atoms with E-state index in [1.54, 1.807) is 0 Å². The predicted molar refractivity (Wildman–Crippen MR) is 213 cm³/mol. The van der Waals surface area contributed by atoms with E-state index in [4.69, 9.17) is 9.97 Å². The molecule has 10 rings (SSSR count). The Morgan fingerprint density at radius 3 is 1.63 bits per heavy atom. The first-order chi connectivity index (χ1) is 25.3. The zero-order chi connectivity index (χ0) is 33.7. The summed E-state index contributed by atoms with van der Waals surface area (Å²) in [6.45, 7) is 0. The highest BCUT2D eigenvalue weighted by Gasteiger charge is 2.21. The van der Waals surface area contributed by atoms with Gasteiger partial charge in [-0.05, 0) is 69.8 Å². The monoisotopic (exact) mass is 649 g/mol. The van der Waals surface area contributed by atoms with Gasteiger partial charge in [0.15, 0.2) is 5.82 Å². The summed E-state index contributed by atoms with van der Waals surface area (Å²) in [5.74, 6) is 0.703. The number of benzene rings is 8. The molecular formula is C48H31N3. The molecule has 2 heterocycles. The van der Waals surface area contributed by atoms with Crippen molar-refractivity contribution in [1.29, 1.82) is 0 Å². The van der Waals surface area contributed by atoms with Crippen LogP contribution < -0.4 is 0 Å². The van der Waals surface area contributed by atoms with Crippen LogP contribution in [0.4, 0.5) is 0 Å². The molecule has 0 saturated heterocycles. The molecule has 0 aliphatic rings. The zero-order valence-corrected chi connectivity index (χ0v) is 27.7. The SMILES string of the molecule is c1ccc(-c2ccc3c(c2)c2c(-c4nc(-c5ccccc5)cc(-c5ccccc5)n4)cccc2n3-c2cccc3cc4ccccc4cc23)cc1. The molecule has 0 aliphatic carbocycles. The summed E-state index contributed by atoms with van der Waals surface area (Å²) in [6.07, 6.45) is 0. The molecule has 10 aromatic rings. The van der Waals surface area contributed by atoms with Crippen molar-refractivity contribution in [1.82, 2.24) is 14.5 Å². The first-order valence-electron chi connectivity index (χ1n) is 17.3. The van der Waals surface area contributed by atoms with Crippen molar-refractivity contribution in [2.45, 2.75) is 0 Å². The fraction of sp³-hybridized carbons (Fsp3) is 0. The summed E-state index contributed by atoms with van der Waals surface area (Å²) >= 11 is 0. The van der Waals surface area contributed by atoms with E-state index in [-0.39, 0.29) is 0 Å². The van der Waals surface area contributed by atoms with Gasteiger partial charge < -0.3 is 4.57 Å². The average molecular weight is 650 g/mol. The maximum Gasteiger partial charge on any atom is 0.161 e. The maximum absolute atomic E-state index is 5.28. The second-order valence-electron chi connectivity index (χ2n) is 13.0. The topological polar surface area (TPSA) is 30.7 Å². The maximum atomic E-state index is 5.28. The zero-order valence-electron chi connectivity index (χ0n) is 27.7. The predicted octanol–water partition coefficient (Wildman–Crippen LogP) is 12.5. The molecule has 3 heteroatoms. The molecule has 0 N–H and O–H groups in total. The van der Waals surface area contributed by atoms with Gasteiger partial charge in [0.1, 0.15) is 0 Å². The summed E-state index contributed by atoms with van der Waals surface area (Å²) in [4.78, 5) is 10.6. The van der Waals surface area contributed by atoms with Gasteiger partial charge in [0.25, 0.3) is 0 Å². The van der Waals surface area contributed by atoms with Crippen LogP contribution in [0.2, 0.25) is 0 Å². The number of aromatic nitrogens is 3. The fourth-order valence-corrected chi connectivity index (χ4v) is 7.55. The minimum atomic E-state index is 0.703. The summed E-state index contributed by atoms with van der Waals surface area (Å²) in [6, 6.07) is 66.8. The molecule has 0 fully saturated rings. The fourth-order valence-electron chi connectivity index (χ4n) is 7.55. The summed E-state index contributed by atoms with van der Waals surface area (Å²) in [5.41, 5.74) is 10.7. The number of fused-ring (bicyclic) bond motifs is 5. The molecule has 0 aliphatic heterocycles. The molecule has 0 saturated carbocycles. The van der Waals surface area contributed by atoms with Crippen molar-refractivity contribution >= 4 is 43.4 Å². The van der Waals surface area contributed by atoms with E-state index in [2.05, 4.69) is 180 Å². The van der Waals surface area contributed by atoms with Gasteiger partial charge in [-0.2, -0.15) is 0 Å². The van der Waals surface area contributed by atoms with Crippen molar-refractivity contribution in [2.75, 3.05) is 0 Å².